The zero-order valence-electron chi connectivity index (χ0n) is 19.3. The summed E-state index contributed by atoms with van der Waals surface area (Å²) in [6, 6.07) is 15.9. The van der Waals surface area contributed by atoms with Crippen LogP contribution in [0.2, 0.25) is 0 Å². The third-order valence-corrected chi connectivity index (χ3v) is 6.60. The Morgan fingerprint density at radius 2 is 1.92 bits per heavy atom. The van der Waals surface area contributed by atoms with Gasteiger partial charge in [0.2, 0.25) is 0 Å². The Bertz CT molecular complexity index is 1450. The molecule has 0 bridgehead atoms. The standard InChI is InChI=1S/C27H23F3N4O2/c1-15-10-18-11-17(6-9-22(18)33-25(15)31)26(36)34(14-20-8-7-19(13-32-20)27(28,29)30)23-12-16-4-2-3-5-21(16)24(23)35/h2-11,13,23-24,35H,12,14H2,1H3,(H2,31,33)/t23-,24-/m0/s1. The number of pyridine rings is 2. The molecule has 0 saturated heterocycles. The van der Waals surface area contributed by atoms with Crippen molar-refractivity contribution < 1.29 is 23.1 Å². The Balaban J connectivity index is 1.52. The number of benzene rings is 2. The van der Waals surface area contributed by atoms with Crippen LogP contribution in [0, 0.1) is 6.92 Å². The number of fused-ring (bicyclic) bond motifs is 2. The van der Waals surface area contributed by atoms with E-state index < -0.39 is 23.9 Å². The number of nitrogen functional groups attached to an aromatic ring is 1. The lowest BCUT2D eigenvalue weighted by Gasteiger charge is -2.31. The maximum atomic E-state index is 13.8. The number of aliphatic hydroxyl groups excluding tert-OH is 1. The largest absolute Gasteiger partial charge is 0.417 e. The molecule has 1 aliphatic carbocycles. The first-order valence-electron chi connectivity index (χ1n) is 11.4. The number of rotatable bonds is 4. The summed E-state index contributed by atoms with van der Waals surface area (Å²) in [6.07, 6.45) is -4.28. The van der Waals surface area contributed by atoms with E-state index in [9.17, 15) is 23.1 Å². The molecule has 2 atom stereocenters. The number of amides is 1. The van der Waals surface area contributed by atoms with Crippen LogP contribution in [0.25, 0.3) is 10.9 Å². The van der Waals surface area contributed by atoms with Gasteiger partial charge in [-0.3, -0.25) is 9.78 Å². The lowest BCUT2D eigenvalue weighted by Crippen LogP contribution is -2.42. The molecule has 5 rings (SSSR count). The molecular formula is C27H23F3N4O2. The number of halogens is 3. The zero-order chi connectivity index (χ0) is 25.6. The maximum Gasteiger partial charge on any atom is 0.417 e. The molecule has 3 N–H and O–H groups in total. The highest BCUT2D eigenvalue weighted by Gasteiger charge is 2.38. The molecule has 4 aromatic rings. The van der Waals surface area contributed by atoms with Crippen LogP contribution in [0.3, 0.4) is 0 Å². The van der Waals surface area contributed by atoms with Crippen LogP contribution in [-0.2, 0) is 19.1 Å². The van der Waals surface area contributed by atoms with Crippen LogP contribution >= 0.6 is 0 Å². The molecule has 1 amide bonds. The Labute approximate surface area is 205 Å². The molecule has 1 aliphatic rings. The fraction of sp³-hybridized carbons (Fsp3) is 0.222. The topological polar surface area (TPSA) is 92.3 Å². The van der Waals surface area contributed by atoms with E-state index in [1.165, 1.54) is 11.0 Å². The summed E-state index contributed by atoms with van der Waals surface area (Å²) < 4.78 is 39.0. The van der Waals surface area contributed by atoms with Gasteiger partial charge in [-0.05, 0) is 66.4 Å². The Hall–Kier alpha value is -3.98. The number of anilines is 1. The SMILES string of the molecule is Cc1cc2cc(C(=O)N(Cc3ccc(C(F)(F)F)cn3)[C@H]3Cc4ccccc4[C@@H]3O)ccc2nc1N. The van der Waals surface area contributed by atoms with E-state index in [1.807, 2.05) is 37.3 Å². The Morgan fingerprint density at radius 3 is 2.61 bits per heavy atom. The summed E-state index contributed by atoms with van der Waals surface area (Å²) in [7, 11) is 0. The summed E-state index contributed by atoms with van der Waals surface area (Å²) >= 11 is 0. The maximum absolute atomic E-state index is 13.8. The minimum atomic E-state index is -4.51. The van der Waals surface area contributed by atoms with Crippen LogP contribution in [0.4, 0.5) is 19.0 Å². The van der Waals surface area contributed by atoms with Crippen molar-refractivity contribution in [2.24, 2.45) is 0 Å². The van der Waals surface area contributed by atoms with E-state index in [4.69, 9.17) is 5.73 Å². The van der Waals surface area contributed by atoms with Gasteiger partial charge < -0.3 is 15.7 Å². The van der Waals surface area contributed by atoms with Crippen molar-refractivity contribution in [3.8, 4) is 0 Å². The van der Waals surface area contributed by atoms with Crippen LogP contribution in [0.1, 0.15) is 44.4 Å². The summed E-state index contributed by atoms with van der Waals surface area (Å²) in [5.74, 6) is 0.0355. The van der Waals surface area contributed by atoms with E-state index in [-0.39, 0.29) is 18.1 Å². The molecule has 0 radical (unpaired) electrons. The molecule has 0 saturated carbocycles. The lowest BCUT2D eigenvalue weighted by atomic mass is 10.0. The second kappa shape index (κ2) is 8.91. The molecule has 0 unspecified atom stereocenters. The van der Waals surface area contributed by atoms with Gasteiger partial charge in [0, 0.05) is 17.1 Å². The van der Waals surface area contributed by atoms with Gasteiger partial charge >= 0.3 is 6.18 Å². The molecule has 36 heavy (non-hydrogen) atoms. The fourth-order valence-corrected chi connectivity index (χ4v) is 4.63. The van der Waals surface area contributed by atoms with Crippen molar-refractivity contribution in [3.63, 3.8) is 0 Å². The van der Waals surface area contributed by atoms with E-state index in [0.29, 0.717) is 23.3 Å². The molecule has 0 spiro atoms. The summed E-state index contributed by atoms with van der Waals surface area (Å²) in [5.41, 5.74) is 8.75. The van der Waals surface area contributed by atoms with Crippen LogP contribution in [-0.4, -0.2) is 31.9 Å². The smallest absolute Gasteiger partial charge is 0.386 e. The van der Waals surface area contributed by atoms with Gasteiger partial charge in [0.15, 0.2) is 0 Å². The molecule has 9 heteroatoms. The fourth-order valence-electron chi connectivity index (χ4n) is 4.63. The molecule has 2 aromatic heterocycles. The van der Waals surface area contributed by atoms with Crippen molar-refractivity contribution in [2.45, 2.75) is 38.2 Å². The average molecular weight is 493 g/mol. The number of carbonyl (C=O) groups excluding carboxylic acids is 1. The van der Waals surface area contributed by atoms with Gasteiger partial charge in [-0.15, -0.1) is 0 Å². The van der Waals surface area contributed by atoms with Crippen LogP contribution in [0.5, 0.6) is 0 Å². The van der Waals surface area contributed by atoms with Crippen LogP contribution in [0.15, 0.2) is 66.9 Å². The average Bonchev–Trinajstić information content (AvgIpc) is 3.18. The third-order valence-electron chi connectivity index (χ3n) is 6.60. The van der Waals surface area contributed by atoms with Crippen molar-refractivity contribution in [3.05, 3.63) is 100 Å². The van der Waals surface area contributed by atoms with Crippen molar-refractivity contribution in [1.29, 1.82) is 0 Å². The van der Waals surface area contributed by atoms with Crippen molar-refractivity contribution in [2.75, 3.05) is 5.73 Å². The number of alkyl halides is 3. The number of nitrogens with zero attached hydrogens (tertiary/aromatic N) is 3. The third kappa shape index (κ3) is 4.37. The summed E-state index contributed by atoms with van der Waals surface area (Å²) in [4.78, 5) is 23.6. The van der Waals surface area contributed by atoms with E-state index in [0.717, 1.165) is 34.3 Å². The van der Waals surface area contributed by atoms with E-state index in [2.05, 4.69) is 9.97 Å². The predicted molar refractivity (Wildman–Crippen MR) is 129 cm³/mol. The molecule has 2 heterocycles. The number of aromatic nitrogens is 2. The molecule has 2 aromatic carbocycles. The first-order chi connectivity index (χ1) is 17.1. The number of hydrogen-bond acceptors (Lipinski definition) is 5. The number of aliphatic hydroxyl groups is 1. The first-order valence-corrected chi connectivity index (χ1v) is 11.4. The van der Waals surface area contributed by atoms with E-state index in [1.54, 1.807) is 18.2 Å². The highest BCUT2D eigenvalue weighted by molar-refractivity contribution is 5.98. The summed E-state index contributed by atoms with van der Waals surface area (Å²) in [6.45, 7) is 1.76. The minimum Gasteiger partial charge on any atom is -0.386 e. The number of carbonyl (C=O) groups is 1. The van der Waals surface area contributed by atoms with Crippen molar-refractivity contribution in [1.82, 2.24) is 14.9 Å². The first kappa shape index (κ1) is 23.7. The number of nitrogens with two attached hydrogens (primary N) is 1. The Kier molecular flexibility index (Phi) is 5.88. The van der Waals surface area contributed by atoms with Gasteiger partial charge in [0.25, 0.3) is 5.91 Å². The highest BCUT2D eigenvalue weighted by atomic mass is 19.4. The molecule has 6 nitrogen and oxygen atoms in total. The van der Waals surface area contributed by atoms with Gasteiger partial charge in [-0.2, -0.15) is 13.2 Å². The Morgan fingerprint density at radius 1 is 1.14 bits per heavy atom. The molecular weight excluding hydrogens is 469 g/mol. The van der Waals surface area contributed by atoms with Gasteiger partial charge in [-0.1, -0.05) is 24.3 Å². The van der Waals surface area contributed by atoms with E-state index >= 15 is 0 Å². The van der Waals surface area contributed by atoms with Gasteiger partial charge in [-0.25, -0.2) is 4.98 Å². The second-order valence-corrected chi connectivity index (χ2v) is 8.98. The van der Waals surface area contributed by atoms with Crippen LogP contribution < -0.4 is 5.73 Å². The minimum absolute atomic E-state index is 0.0657. The normalized spacial score (nSPS) is 17.2. The quantitative estimate of drug-likeness (QED) is 0.425. The van der Waals surface area contributed by atoms with Crippen molar-refractivity contribution >= 4 is 22.6 Å². The number of aryl methyl sites for hydroxylation is 1. The van der Waals surface area contributed by atoms with Gasteiger partial charge in [0.05, 0.1) is 35.5 Å². The zero-order valence-corrected chi connectivity index (χ0v) is 19.3. The molecule has 184 valence electrons. The number of hydrogen-bond donors (Lipinski definition) is 2. The summed E-state index contributed by atoms with van der Waals surface area (Å²) in [5, 5.41) is 11.8. The predicted octanol–water partition coefficient (Wildman–Crippen LogP) is 4.84. The highest BCUT2D eigenvalue weighted by Crippen LogP contribution is 2.36. The second-order valence-electron chi connectivity index (χ2n) is 8.98. The molecule has 0 fully saturated rings. The van der Waals surface area contributed by atoms with Gasteiger partial charge in [0.1, 0.15) is 5.82 Å². The lowest BCUT2D eigenvalue weighted by molar-refractivity contribution is -0.137. The molecule has 0 aliphatic heterocycles. The monoisotopic (exact) mass is 492 g/mol.